The first-order valence-electron chi connectivity index (χ1n) is 8.36. The number of aromatic hydroxyl groups is 1. The van der Waals surface area contributed by atoms with Crippen LogP contribution in [-0.2, 0) is 0 Å². The van der Waals surface area contributed by atoms with Gasteiger partial charge in [-0.25, -0.2) is 4.79 Å². The van der Waals surface area contributed by atoms with Gasteiger partial charge in [-0.3, -0.25) is 24.6 Å². The molecule has 28 heavy (non-hydrogen) atoms. The van der Waals surface area contributed by atoms with E-state index in [9.17, 15) is 29.6 Å². The minimum absolute atomic E-state index is 0.00413. The molecule has 0 saturated carbocycles. The first-order chi connectivity index (χ1) is 13.4. The maximum absolute atomic E-state index is 12.3. The van der Waals surface area contributed by atoms with Gasteiger partial charge in [0.1, 0.15) is 5.75 Å². The second-order valence-electron chi connectivity index (χ2n) is 6.00. The molecule has 0 aliphatic carbocycles. The molecule has 2 aromatic carbocycles. The van der Waals surface area contributed by atoms with Crippen LogP contribution >= 0.6 is 0 Å². The molecule has 3 N–H and O–H groups in total. The summed E-state index contributed by atoms with van der Waals surface area (Å²) in [5.41, 5.74) is 0.122. The zero-order valence-electron chi connectivity index (χ0n) is 14.5. The van der Waals surface area contributed by atoms with Crippen LogP contribution in [0.15, 0.2) is 42.5 Å². The molecule has 10 heteroatoms. The van der Waals surface area contributed by atoms with E-state index in [1.165, 1.54) is 24.3 Å². The van der Waals surface area contributed by atoms with Gasteiger partial charge in [0.05, 0.1) is 21.7 Å². The lowest BCUT2D eigenvalue weighted by molar-refractivity contribution is -0.384. The third-order valence-corrected chi connectivity index (χ3v) is 4.16. The highest BCUT2D eigenvalue weighted by Crippen LogP contribution is 2.26. The van der Waals surface area contributed by atoms with Crippen molar-refractivity contribution in [2.24, 2.45) is 0 Å². The van der Waals surface area contributed by atoms with Gasteiger partial charge in [0.2, 0.25) is 0 Å². The summed E-state index contributed by atoms with van der Waals surface area (Å²) in [5.74, 6) is -1.19. The van der Waals surface area contributed by atoms with Crippen LogP contribution in [0, 0.1) is 10.1 Å². The number of para-hydroxylation sites is 2. The van der Waals surface area contributed by atoms with Gasteiger partial charge in [0, 0.05) is 25.2 Å². The van der Waals surface area contributed by atoms with Crippen molar-refractivity contribution in [2.75, 3.05) is 18.4 Å². The summed E-state index contributed by atoms with van der Waals surface area (Å²) in [6, 6.07) is 9.24. The van der Waals surface area contributed by atoms with Gasteiger partial charge in [-0.05, 0) is 24.6 Å². The van der Waals surface area contributed by atoms with Crippen LogP contribution in [0.3, 0.4) is 0 Å². The summed E-state index contributed by atoms with van der Waals surface area (Å²) in [4.78, 5) is 47.7. The number of carbonyl (C=O) groups is 3. The molecular weight excluding hydrogens is 368 g/mol. The normalized spacial score (nSPS) is 12.6. The lowest BCUT2D eigenvalue weighted by Crippen LogP contribution is -2.35. The maximum atomic E-state index is 12.3. The number of rotatable bonds is 6. The number of phenolic OH excluding ortho intramolecular Hbond substituents is 1. The van der Waals surface area contributed by atoms with E-state index >= 15 is 0 Å². The van der Waals surface area contributed by atoms with Crippen LogP contribution < -0.4 is 10.6 Å². The smallest absolute Gasteiger partial charge is 0.319 e. The number of fused-ring (bicyclic) bond motifs is 1. The average molecular weight is 384 g/mol. The molecule has 1 heterocycles. The minimum atomic E-state index is -0.631. The number of phenols is 1. The molecule has 1 aliphatic rings. The number of imide groups is 1. The van der Waals surface area contributed by atoms with Crippen molar-refractivity contribution in [3.63, 3.8) is 0 Å². The van der Waals surface area contributed by atoms with Crippen LogP contribution in [0.4, 0.5) is 16.2 Å². The summed E-state index contributed by atoms with van der Waals surface area (Å²) >= 11 is 0. The topological polar surface area (TPSA) is 142 Å². The molecule has 1 aliphatic heterocycles. The Morgan fingerprint density at radius 2 is 1.82 bits per heavy atom. The van der Waals surface area contributed by atoms with E-state index in [0.29, 0.717) is 6.42 Å². The van der Waals surface area contributed by atoms with Crippen LogP contribution in [0.25, 0.3) is 0 Å². The Morgan fingerprint density at radius 3 is 2.54 bits per heavy atom. The van der Waals surface area contributed by atoms with Crippen molar-refractivity contribution in [3.05, 3.63) is 63.7 Å². The largest absolute Gasteiger partial charge is 0.506 e. The summed E-state index contributed by atoms with van der Waals surface area (Å²) in [6.07, 6.45) is 0.293. The number of nitrogens with one attached hydrogen (secondary N) is 2. The van der Waals surface area contributed by atoms with Crippen molar-refractivity contribution in [1.29, 1.82) is 0 Å². The number of benzene rings is 2. The number of nitrogens with zero attached hydrogens (tertiary/aromatic N) is 2. The monoisotopic (exact) mass is 384 g/mol. The molecule has 0 atom stereocenters. The second-order valence-corrected chi connectivity index (χ2v) is 6.00. The minimum Gasteiger partial charge on any atom is -0.506 e. The van der Waals surface area contributed by atoms with Crippen molar-refractivity contribution < 1.29 is 24.4 Å². The Balaban J connectivity index is 1.52. The molecule has 3 rings (SSSR count). The summed E-state index contributed by atoms with van der Waals surface area (Å²) < 4.78 is 0. The summed E-state index contributed by atoms with van der Waals surface area (Å²) in [5, 5.41) is 25.5. The molecule has 10 nitrogen and oxygen atoms in total. The number of hydrogen-bond acceptors (Lipinski definition) is 6. The Labute approximate surface area is 158 Å². The third kappa shape index (κ3) is 3.75. The molecule has 0 aromatic heterocycles. The zero-order chi connectivity index (χ0) is 20.3. The molecule has 144 valence electrons. The van der Waals surface area contributed by atoms with E-state index in [1.807, 2.05) is 0 Å². The Bertz CT molecular complexity index is 974. The maximum Gasteiger partial charge on any atom is 0.319 e. The Kier molecular flexibility index (Phi) is 5.21. The van der Waals surface area contributed by atoms with Crippen LogP contribution in [0.5, 0.6) is 5.75 Å². The lowest BCUT2D eigenvalue weighted by Gasteiger charge is -2.14. The predicted octanol–water partition coefficient (Wildman–Crippen LogP) is 2.11. The SMILES string of the molecule is O=C(NCCCN1C(=O)c2ccc([N+](=O)[O-])cc2C1=O)Nc1ccccc1O. The molecular formula is C18H16N4O6. The number of anilines is 1. The molecule has 4 amide bonds. The van der Waals surface area contributed by atoms with Gasteiger partial charge >= 0.3 is 6.03 Å². The lowest BCUT2D eigenvalue weighted by atomic mass is 10.1. The van der Waals surface area contributed by atoms with Crippen LogP contribution in [0.2, 0.25) is 0 Å². The van der Waals surface area contributed by atoms with Gasteiger partial charge in [0.25, 0.3) is 17.5 Å². The number of hydrogen-bond donors (Lipinski definition) is 3. The number of urea groups is 1. The van der Waals surface area contributed by atoms with Gasteiger partial charge in [-0.15, -0.1) is 0 Å². The first-order valence-corrected chi connectivity index (χ1v) is 8.36. The predicted molar refractivity (Wildman–Crippen MR) is 98.2 cm³/mol. The molecule has 0 bridgehead atoms. The molecule has 0 fully saturated rings. The first kappa shape index (κ1) is 18.8. The molecule has 0 unspecified atom stereocenters. The van der Waals surface area contributed by atoms with Gasteiger partial charge in [-0.2, -0.15) is 0 Å². The zero-order valence-corrected chi connectivity index (χ0v) is 14.5. The fraction of sp³-hybridized carbons (Fsp3) is 0.167. The Morgan fingerprint density at radius 1 is 1.11 bits per heavy atom. The number of carbonyl (C=O) groups excluding carboxylic acids is 3. The van der Waals surface area contributed by atoms with Crippen molar-refractivity contribution in [1.82, 2.24) is 10.2 Å². The van der Waals surface area contributed by atoms with Crippen molar-refractivity contribution in [3.8, 4) is 5.75 Å². The summed E-state index contributed by atoms with van der Waals surface area (Å²) in [6.45, 7) is 0.226. The van der Waals surface area contributed by atoms with Crippen molar-refractivity contribution >= 4 is 29.2 Å². The number of nitro benzene ring substituents is 1. The van der Waals surface area contributed by atoms with Gasteiger partial charge < -0.3 is 15.7 Å². The molecule has 0 spiro atoms. The molecule has 0 saturated heterocycles. The van der Waals surface area contributed by atoms with E-state index in [-0.39, 0.29) is 41.3 Å². The fourth-order valence-electron chi connectivity index (χ4n) is 2.78. The van der Waals surface area contributed by atoms with E-state index < -0.39 is 22.8 Å². The molecule has 0 radical (unpaired) electrons. The second kappa shape index (κ2) is 7.74. The quantitative estimate of drug-likeness (QED) is 0.229. The summed E-state index contributed by atoms with van der Waals surface area (Å²) in [7, 11) is 0. The van der Waals surface area contributed by atoms with E-state index in [1.54, 1.807) is 12.1 Å². The number of amides is 4. The number of nitro groups is 1. The van der Waals surface area contributed by atoms with E-state index in [0.717, 1.165) is 11.0 Å². The highest BCUT2D eigenvalue weighted by molar-refractivity contribution is 6.21. The molecule has 2 aromatic rings. The highest BCUT2D eigenvalue weighted by Gasteiger charge is 2.36. The highest BCUT2D eigenvalue weighted by atomic mass is 16.6. The van der Waals surface area contributed by atoms with Crippen molar-refractivity contribution in [2.45, 2.75) is 6.42 Å². The van der Waals surface area contributed by atoms with Gasteiger partial charge in [0.15, 0.2) is 0 Å². The van der Waals surface area contributed by atoms with Crippen LogP contribution in [0.1, 0.15) is 27.1 Å². The van der Waals surface area contributed by atoms with Gasteiger partial charge in [-0.1, -0.05) is 12.1 Å². The van der Waals surface area contributed by atoms with E-state index in [4.69, 9.17) is 0 Å². The van der Waals surface area contributed by atoms with E-state index in [2.05, 4.69) is 10.6 Å². The third-order valence-electron chi connectivity index (χ3n) is 4.16. The Hall–Kier alpha value is -3.95. The fourth-order valence-corrected chi connectivity index (χ4v) is 2.78. The standard InChI is InChI=1S/C18H16N4O6/c23-15-5-2-1-4-14(15)20-18(26)19-8-3-9-21-16(24)12-7-6-11(22(27)28)10-13(12)17(21)25/h1-2,4-7,10,23H,3,8-9H2,(H2,19,20,26). The average Bonchev–Trinajstić information content (AvgIpc) is 2.91. The van der Waals surface area contributed by atoms with Crippen LogP contribution in [-0.4, -0.2) is 45.9 Å². The number of non-ortho nitro benzene ring substituents is 1.